The van der Waals surface area contributed by atoms with Crippen molar-refractivity contribution in [3.8, 4) is 0 Å². The molecular weight excluding hydrogens is 426 g/mol. The Morgan fingerprint density at radius 3 is 2.85 bits per heavy atom. The largest absolute Gasteiger partial charge is 0.341 e. The van der Waals surface area contributed by atoms with Gasteiger partial charge in [-0.05, 0) is 59.0 Å². The van der Waals surface area contributed by atoms with Crippen LogP contribution >= 0.6 is 27.7 Å². The number of nitrogens with one attached hydrogen (secondary N) is 1. The predicted molar refractivity (Wildman–Crippen MR) is 110 cm³/mol. The number of aromatic nitrogens is 1. The van der Waals surface area contributed by atoms with Gasteiger partial charge in [0.25, 0.3) is 0 Å². The number of carbonyl (C=O) groups is 2. The molecule has 1 saturated heterocycles. The fourth-order valence-corrected chi connectivity index (χ4v) is 5.11. The second-order valence-electron chi connectivity index (χ2n) is 6.89. The Bertz CT molecular complexity index is 834. The van der Waals surface area contributed by atoms with Crippen LogP contribution in [0.2, 0.25) is 0 Å². The van der Waals surface area contributed by atoms with Gasteiger partial charge >= 0.3 is 0 Å². The minimum absolute atomic E-state index is 0.0651. The van der Waals surface area contributed by atoms with Crippen LogP contribution in [0.25, 0.3) is 0 Å². The average molecular weight is 446 g/mol. The molecule has 27 heavy (non-hydrogen) atoms. The molecule has 1 fully saturated rings. The first-order valence-corrected chi connectivity index (χ1v) is 10.7. The zero-order chi connectivity index (χ0) is 18.8. The van der Waals surface area contributed by atoms with Gasteiger partial charge in [-0.25, -0.2) is 4.98 Å². The minimum Gasteiger partial charge on any atom is -0.341 e. The number of pyridine rings is 1. The molecule has 2 aliphatic heterocycles. The number of hydrogen-bond donors (Lipinski definition) is 1. The van der Waals surface area contributed by atoms with Gasteiger partial charge in [0, 0.05) is 28.7 Å². The molecule has 2 unspecified atom stereocenters. The van der Waals surface area contributed by atoms with Crippen LogP contribution in [-0.4, -0.2) is 40.0 Å². The van der Waals surface area contributed by atoms with E-state index in [0.717, 1.165) is 30.3 Å². The molecule has 0 saturated carbocycles. The van der Waals surface area contributed by atoms with Crippen LogP contribution in [0, 0.1) is 5.92 Å². The van der Waals surface area contributed by atoms with Crippen molar-refractivity contribution in [1.29, 1.82) is 0 Å². The maximum atomic E-state index is 13.0. The number of piperidine rings is 1. The summed E-state index contributed by atoms with van der Waals surface area (Å²) in [7, 11) is 0. The number of rotatable bonds is 3. The molecular formula is C20H20BrN3O2S. The monoisotopic (exact) mass is 445 g/mol. The zero-order valence-corrected chi connectivity index (χ0v) is 17.1. The maximum absolute atomic E-state index is 13.0. The summed E-state index contributed by atoms with van der Waals surface area (Å²) in [5.41, 5.74) is 1.24. The summed E-state index contributed by atoms with van der Waals surface area (Å²) in [6.07, 6.45) is 4.07. The van der Waals surface area contributed by atoms with Crippen LogP contribution in [0.15, 0.2) is 52.0 Å². The molecule has 1 N–H and O–H groups in total. The maximum Gasteiger partial charge on any atom is 0.236 e. The topological polar surface area (TPSA) is 62.3 Å². The van der Waals surface area contributed by atoms with E-state index in [9.17, 15) is 9.59 Å². The van der Waals surface area contributed by atoms with Crippen LogP contribution in [0.5, 0.6) is 0 Å². The number of carbonyl (C=O) groups excluding carboxylic acids is 2. The third-order valence-electron chi connectivity index (χ3n) is 5.01. The second kappa shape index (κ2) is 8.02. The van der Waals surface area contributed by atoms with Crippen LogP contribution in [-0.2, 0) is 16.0 Å². The Morgan fingerprint density at radius 1 is 1.22 bits per heavy atom. The number of anilines is 1. The van der Waals surface area contributed by atoms with Crippen LogP contribution in [0.1, 0.15) is 18.4 Å². The highest BCUT2D eigenvalue weighted by Crippen LogP contribution is 2.38. The van der Waals surface area contributed by atoms with Crippen LogP contribution in [0.4, 0.5) is 5.82 Å². The Hall–Kier alpha value is -1.86. The van der Waals surface area contributed by atoms with E-state index in [2.05, 4.69) is 38.4 Å². The molecule has 2 atom stereocenters. The van der Waals surface area contributed by atoms with Gasteiger partial charge in [-0.1, -0.05) is 18.2 Å². The Balaban J connectivity index is 1.37. The van der Waals surface area contributed by atoms with Gasteiger partial charge in [-0.2, -0.15) is 0 Å². The third-order valence-corrected chi connectivity index (χ3v) is 6.78. The Kier molecular flexibility index (Phi) is 5.50. The van der Waals surface area contributed by atoms with Gasteiger partial charge in [0.05, 0.1) is 11.2 Å². The molecule has 4 rings (SSSR count). The molecule has 1 aromatic heterocycles. The van der Waals surface area contributed by atoms with Crippen molar-refractivity contribution in [2.45, 2.75) is 29.4 Å². The number of nitrogens with zero attached hydrogens (tertiary/aromatic N) is 2. The number of amides is 2. The molecule has 2 aromatic rings. The van der Waals surface area contributed by atoms with Crippen molar-refractivity contribution < 1.29 is 9.59 Å². The molecule has 0 bridgehead atoms. The smallest absolute Gasteiger partial charge is 0.236 e. The van der Waals surface area contributed by atoms with E-state index in [-0.39, 0.29) is 23.0 Å². The number of thioether (sulfide) groups is 1. The summed E-state index contributed by atoms with van der Waals surface area (Å²) in [4.78, 5) is 32.9. The lowest BCUT2D eigenvalue weighted by Gasteiger charge is -2.33. The standard InChI is InChI=1S/C20H20BrN3O2S/c21-15-7-8-18(22-11-15)23-19(25)14-5-3-9-24(12-14)20(26)17-10-13-4-1-2-6-16(13)27-17/h1-2,4,6-8,11,14,17H,3,5,9-10,12H2,(H,22,23,25). The SMILES string of the molecule is O=C(Nc1ccc(Br)cn1)C1CCCN(C(=O)C2Cc3ccccc3S2)C1. The predicted octanol–water partition coefficient (Wildman–Crippen LogP) is 3.74. The first kappa shape index (κ1) is 18.5. The molecule has 0 radical (unpaired) electrons. The van der Waals surface area contributed by atoms with Gasteiger partial charge in [0.2, 0.25) is 11.8 Å². The quantitative estimate of drug-likeness (QED) is 0.781. The van der Waals surface area contributed by atoms with Crippen molar-refractivity contribution in [1.82, 2.24) is 9.88 Å². The summed E-state index contributed by atoms with van der Waals surface area (Å²) in [6.45, 7) is 1.21. The van der Waals surface area contributed by atoms with E-state index in [1.165, 1.54) is 10.5 Å². The number of hydrogen-bond acceptors (Lipinski definition) is 4. The summed E-state index contributed by atoms with van der Waals surface area (Å²) in [6, 6.07) is 11.8. The van der Waals surface area contributed by atoms with E-state index in [1.54, 1.807) is 24.0 Å². The molecule has 140 valence electrons. The lowest BCUT2D eigenvalue weighted by Crippen LogP contribution is -2.46. The lowest BCUT2D eigenvalue weighted by molar-refractivity contribution is -0.134. The van der Waals surface area contributed by atoms with Crippen molar-refractivity contribution in [3.05, 3.63) is 52.6 Å². The molecule has 7 heteroatoms. The molecule has 1 aromatic carbocycles. The first-order chi connectivity index (χ1) is 13.1. The molecule has 2 aliphatic rings. The molecule has 0 aliphatic carbocycles. The molecule has 0 spiro atoms. The highest BCUT2D eigenvalue weighted by molar-refractivity contribution is 9.10. The lowest BCUT2D eigenvalue weighted by atomic mass is 9.96. The number of fused-ring (bicyclic) bond motifs is 1. The van der Waals surface area contributed by atoms with Crippen LogP contribution in [0.3, 0.4) is 0 Å². The normalized spacial score (nSPS) is 21.6. The van der Waals surface area contributed by atoms with E-state index in [4.69, 9.17) is 0 Å². The van der Waals surface area contributed by atoms with Crippen LogP contribution < -0.4 is 5.32 Å². The number of benzene rings is 1. The van der Waals surface area contributed by atoms with Crippen molar-refractivity contribution >= 4 is 45.3 Å². The van der Waals surface area contributed by atoms with Gasteiger partial charge in [-0.15, -0.1) is 11.8 Å². The van der Waals surface area contributed by atoms with Crippen molar-refractivity contribution in [2.75, 3.05) is 18.4 Å². The van der Waals surface area contributed by atoms with Crippen molar-refractivity contribution in [3.63, 3.8) is 0 Å². The fraction of sp³-hybridized carbons (Fsp3) is 0.350. The highest BCUT2D eigenvalue weighted by atomic mass is 79.9. The second-order valence-corrected chi connectivity index (χ2v) is 9.05. The summed E-state index contributed by atoms with van der Waals surface area (Å²) < 4.78 is 0.866. The Morgan fingerprint density at radius 2 is 2.07 bits per heavy atom. The Labute approximate surface area is 171 Å². The summed E-state index contributed by atoms with van der Waals surface area (Å²) in [5.74, 6) is 0.426. The van der Waals surface area contributed by atoms with E-state index in [1.807, 2.05) is 23.1 Å². The summed E-state index contributed by atoms with van der Waals surface area (Å²) in [5, 5.41) is 2.80. The van der Waals surface area contributed by atoms with Crippen molar-refractivity contribution in [2.24, 2.45) is 5.92 Å². The molecule has 5 nitrogen and oxygen atoms in total. The van der Waals surface area contributed by atoms with Gasteiger partial charge in [-0.3, -0.25) is 9.59 Å². The summed E-state index contributed by atoms with van der Waals surface area (Å²) >= 11 is 4.98. The average Bonchev–Trinajstić information content (AvgIpc) is 3.13. The van der Waals surface area contributed by atoms with E-state index in [0.29, 0.717) is 12.4 Å². The molecule has 2 amide bonds. The molecule has 3 heterocycles. The fourth-order valence-electron chi connectivity index (χ4n) is 3.59. The first-order valence-electron chi connectivity index (χ1n) is 9.06. The van der Waals surface area contributed by atoms with Gasteiger partial charge < -0.3 is 10.2 Å². The zero-order valence-electron chi connectivity index (χ0n) is 14.7. The number of halogens is 1. The van der Waals surface area contributed by atoms with Gasteiger partial charge in [0.15, 0.2) is 0 Å². The highest BCUT2D eigenvalue weighted by Gasteiger charge is 2.35. The minimum atomic E-state index is -0.193. The van der Waals surface area contributed by atoms with E-state index < -0.39 is 0 Å². The third kappa shape index (κ3) is 4.19. The number of likely N-dealkylation sites (tertiary alicyclic amines) is 1. The van der Waals surface area contributed by atoms with Gasteiger partial charge in [0.1, 0.15) is 5.82 Å². The van der Waals surface area contributed by atoms with E-state index >= 15 is 0 Å².